The number of Topliss-reactive ketones (excluding diaryl/α,β-unsaturated/α-hetero) is 1. The van der Waals surface area contributed by atoms with Gasteiger partial charge in [-0.1, -0.05) is 0 Å². The molecule has 1 aromatic heterocycles. The number of furan rings is 1. The molecular formula is C15H11F2NO3. The quantitative estimate of drug-likeness (QED) is 0.923. The van der Waals surface area contributed by atoms with E-state index in [2.05, 4.69) is 5.32 Å². The van der Waals surface area contributed by atoms with Crippen LogP contribution in [0.2, 0.25) is 0 Å². The summed E-state index contributed by atoms with van der Waals surface area (Å²) in [6.45, 7) is 0. The smallest absolute Gasteiger partial charge is 0.291 e. The average molecular weight is 291 g/mol. The number of benzene rings is 1. The molecule has 1 aromatic carbocycles. The van der Waals surface area contributed by atoms with Crippen molar-refractivity contribution in [2.24, 2.45) is 0 Å². The Kier molecular flexibility index (Phi) is 3.29. The summed E-state index contributed by atoms with van der Waals surface area (Å²) in [5.74, 6) is -1.93. The van der Waals surface area contributed by atoms with Gasteiger partial charge in [0.05, 0.1) is 11.3 Å². The minimum absolute atomic E-state index is 0.0565. The summed E-state index contributed by atoms with van der Waals surface area (Å²) in [5.41, 5.74) is 0.257. The predicted octanol–water partition coefficient (Wildman–Crippen LogP) is 3.33. The molecule has 0 unspecified atom stereocenters. The van der Waals surface area contributed by atoms with Crippen molar-refractivity contribution in [3.05, 3.63) is 53.0 Å². The molecule has 4 nitrogen and oxygen atoms in total. The Morgan fingerprint density at radius 3 is 2.71 bits per heavy atom. The van der Waals surface area contributed by atoms with E-state index in [4.69, 9.17) is 4.42 Å². The van der Waals surface area contributed by atoms with Crippen molar-refractivity contribution in [1.29, 1.82) is 0 Å². The largest absolute Gasteiger partial charge is 0.455 e. The van der Waals surface area contributed by atoms with Crippen LogP contribution in [0.5, 0.6) is 0 Å². The van der Waals surface area contributed by atoms with Crippen LogP contribution in [0.15, 0.2) is 28.7 Å². The molecule has 0 fully saturated rings. The van der Waals surface area contributed by atoms with E-state index in [1.807, 2.05) is 0 Å². The van der Waals surface area contributed by atoms with Crippen LogP contribution >= 0.6 is 0 Å². The molecule has 0 bridgehead atoms. The van der Waals surface area contributed by atoms with Gasteiger partial charge in [0.25, 0.3) is 5.91 Å². The summed E-state index contributed by atoms with van der Waals surface area (Å²) in [5, 5.41) is 2.29. The molecule has 3 rings (SSSR count). The number of amides is 1. The van der Waals surface area contributed by atoms with Gasteiger partial charge in [-0.3, -0.25) is 9.59 Å². The Hall–Kier alpha value is -2.50. The van der Waals surface area contributed by atoms with Crippen LogP contribution in [0.25, 0.3) is 0 Å². The van der Waals surface area contributed by atoms with Gasteiger partial charge in [-0.05, 0) is 18.6 Å². The van der Waals surface area contributed by atoms with Crippen LogP contribution in [0.3, 0.4) is 0 Å². The molecule has 1 N–H and O–H groups in total. The zero-order chi connectivity index (χ0) is 15.0. The van der Waals surface area contributed by atoms with Crippen molar-refractivity contribution in [3.63, 3.8) is 0 Å². The van der Waals surface area contributed by atoms with E-state index in [1.54, 1.807) is 0 Å². The lowest BCUT2D eigenvalue weighted by Gasteiger charge is -2.06. The molecule has 0 spiro atoms. The monoisotopic (exact) mass is 291 g/mol. The molecule has 108 valence electrons. The van der Waals surface area contributed by atoms with Crippen molar-refractivity contribution >= 4 is 17.4 Å². The third kappa shape index (κ3) is 2.56. The zero-order valence-corrected chi connectivity index (χ0v) is 10.9. The van der Waals surface area contributed by atoms with Gasteiger partial charge in [-0.15, -0.1) is 0 Å². The van der Waals surface area contributed by atoms with Gasteiger partial charge in [0.2, 0.25) is 0 Å². The van der Waals surface area contributed by atoms with Gasteiger partial charge in [0, 0.05) is 25.0 Å². The van der Waals surface area contributed by atoms with Crippen LogP contribution in [-0.2, 0) is 6.42 Å². The number of carbonyl (C=O) groups is 2. The molecule has 21 heavy (non-hydrogen) atoms. The summed E-state index contributed by atoms with van der Waals surface area (Å²) >= 11 is 0. The van der Waals surface area contributed by atoms with E-state index in [-0.39, 0.29) is 17.2 Å². The molecular weight excluding hydrogens is 280 g/mol. The summed E-state index contributed by atoms with van der Waals surface area (Å²) in [6.07, 6.45) is 1.71. The van der Waals surface area contributed by atoms with Crippen molar-refractivity contribution < 1.29 is 22.8 Å². The number of hydrogen-bond donors (Lipinski definition) is 1. The van der Waals surface area contributed by atoms with Gasteiger partial charge >= 0.3 is 0 Å². The number of aryl methyl sites for hydroxylation is 1. The molecule has 1 aliphatic rings. The average Bonchev–Trinajstić information content (AvgIpc) is 2.87. The lowest BCUT2D eigenvalue weighted by molar-refractivity contribution is 0.0963. The maximum absolute atomic E-state index is 13.5. The highest BCUT2D eigenvalue weighted by Gasteiger charge is 2.24. The first-order chi connectivity index (χ1) is 10.0. The molecule has 0 aliphatic heterocycles. The maximum atomic E-state index is 13.5. The molecule has 2 aromatic rings. The number of anilines is 1. The summed E-state index contributed by atoms with van der Waals surface area (Å²) in [7, 11) is 0. The Balaban J connectivity index is 1.84. The Labute approximate surface area is 118 Å². The molecule has 1 heterocycles. The van der Waals surface area contributed by atoms with Crippen molar-refractivity contribution in [1.82, 2.24) is 0 Å². The number of hydrogen-bond acceptors (Lipinski definition) is 3. The second-order valence-corrected chi connectivity index (χ2v) is 4.80. The second kappa shape index (κ2) is 5.12. The molecule has 0 atom stereocenters. The lowest BCUT2D eigenvalue weighted by Crippen LogP contribution is -2.12. The maximum Gasteiger partial charge on any atom is 0.291 e. The first-order valence-electron chi connectivity index (χ1n) is 6.47. The Bertz CT molecular complexity index is 737. The van der Waals surface area contributed by atoms with E-state index in [9.17, 15) is 18.4 Å². The van der Waals surface area contributed by atoms with E-state index < -0.39 is 17.5 Å². The van der Waals surface area contributed by atoms with E-state index >= 15 is 0 Å². The van der Waals surface area contributed by atoms with Crippen LogP contribution in [0.4, 0.5) is 14.5 Å². The third-order valence-electron chi connectivity index (χ3n) is 3.32. The Morgan fingerprint density at radius 1 is 1.19 bits per heavy atom. The summed E-state index contributed by atoms with van der Waals surface area (Å²) in [6, 6.07) is 4.20. The van der Waals surface area contributed by atoms with Gasteiger partial charge in [0.15, 0.2) is 11.5 Å². The number of halogens is 2. The highest BCUT2D eigenvalue weighted by atomic mass is 19.1. The molecule has 6 heteroatoms. The number of nitrogens with one attached hydrogen (secondary N) is 1. The highest BCUT2D eigenvalue weighted by molar-refractivity contribution is 6.05. The third-order valence-corrected chi connectivity index (χ3v) is 3.32. The fourth-order valence-corrected chi connectivity index (χ4v) is 2.28. The number of ketones is 1. The standard InChI is InChI=1S/C15H11F2NO3/c16-8-4-5-11(10(17)6-8)18-15(20)14-7-9-12(19)2-1-3-13(9)21-14/h4-7H,1-3H2,(H,18,20). The highest BCUT2D eigenvalue weighted by Crippen LogP contribution is 2.25. The zero-order valence-electron chi connectivity index (χ0n) is 10.9. The number of fused-ring (bicyclic) bond motifs is 1. The van der Waals surface area contributed by atoms with E-state index in [0.717, 1.165) is 12.1 Å². The first kappa shape index (κ1) is 13.5. The van der Waals surface area contributed by atoms with Gasteiger partial charge < -0.3 is 9.73 Å². The van der Waals surface area contributed by atoms with Gasteiger partial charge in [-0.25, -0.2) is 8.78 Å². The normalized spacial score (nSPS) is 13.9. The molecule has 0 saturated carbocycles. The lowest BCUT2D eigenvalue weighted by atomic mass is 9.97. The molecule has 0 saturated heterocycles. The fourth-order valence-electron chi connectivity index (χ4n) is 2.28. The van der Waals surface area contributed by atoms with Gasteiger partial charge in [0.1, 0.15) is 17.4 Å². The van der Waals surface area contributed by atoms with Crippen molar-refractivity contribution in [2.45, 2.75) is 19.3 Å². The summed E-state index contributed by atoms with van der Waals surface area (Å²) < 4.78 is 31.6. The molecule has 1 aliphatic carbocycles. The van der Waals surface area contributed by atoms with Crippen LogP contribution in [-0.4, -0.2) is 11.7 Å². The molecule has 0 radical (unpaired) electrons. The fraction of sp³-hybridized carbons (Fsp3) is 0.200. The number of rotatable bonds is 2. The SMILES string of the molecule is O=C(Nc1ccc(F)cc1F)c1cc2c(o1)CCCC2=O. The van der Waals surface area contributed by atoms with E-state index in [0.29, 0.717) is 36.7 Å². The number of carbonyl (C=O) groups excluding carboxylic acids is 2. The van der Waals surface area contributed by atoms with E-state index in [1.165, 1.54) is 6.07 Å². The van der Waals surface area contributed by atoms with Crippen molar-refractivity contribution in [2.75, 3.05) is 5.32 Å². The molecule has 1 amide bonds. The first-order valence-corrected chi connectivity index (χ1v) is 6.47. The Morgan fingerprint density at radius 2 is 2.00 bits per heavy atom. The van der Waals surface area contributed by atoms with Gasteiger partial charge in [-0.2, -0.15) is 0 Å². The predicted molar refractivity (Wildman–Crippen MR) is 70.3 cm³/mol. The minimum atomic E-state index is -0.879. The summed E-state index contributed by atoms with van der Waals surface area (Å²) in [4.78, 5) is 23.7. The van der Waals surface area contributed by atoms with Crippen LogP contribution in [0, 0.1) is 11.6 Å². The van der Waals surface area contributed by atoms with Crippen LogP contribution in [0.1, 0.15) is 39.5 Å². The second-order valence-electron chi connectivity index (χ2n) is 4.80. The minimum Gasteiger partial charge on any atom is -0.455 e. The van der Waals surface area contributed by atoms with Crippen molar-refractivity contribution in [3.8, 4) is 0 Å². The topological polar surface area (TPSA) is 59.3 Å². The van der Waals surface area contributed by atoms with Crippen LogP contribution < -0.4 is 5.32 Å².